The van der Waals surface area contributed by atoms with Crippen molar-refractivity contribution < 1.29 is 9.59 Å². The van der Waals surface area contributed by atoms with E-state index in [1.807, 2.05) is 43.3 Å². The summed E-state index contributed by atoms with van der Waals surface area (Å²) in [6, 6.07) is 21.5. The Kier molecular flexibility index (Phi) is 6.37. The smallest absolute Gasteiger partial charge is 0.283 e. The van der Waals surface area contributed by atoms with Crippen LogP contribution in [0, 0.1) is 0 Å². The second-order valence-electron chi connectivity index (χ2n) is 6.82. The minimum Gasteiger partial charge on any atom is -0.350 e. The Morgan fingerprint density at radius 2 is 1.45 bits per heavy atom. The number of thioether (sulfide) groups is 1. The molecule has 1 aliphatic heterocycles. The van der Waals surface area contributed by atoms with E-state index in [4.69, 9.17) is 23.2 Å². The molecule has 0 unspecified atom stereocenters. The molecule has 1 aliphatic rings. The van der Waals surface area contributed by atoms with Crippen molar-refractivity contribution in [2.24, 2.45) is 0 Å². The van der Waals surface area contributed by atoms with Crippen molar-refractivity contribution in [3.05, 3.63) is 99.0 Å². The molecule has 0 saturated heterocycles. The number of halogens is 2. The number of hydrogen-bond donors (Lipinski definition) is 1. The third-order valence-electron chi connectivity index (χ3n) is 4.82. The van der Waals surface area contributed by atoms with Gasteiger partial charge < -0.3 is 5.32 Å². The van der Waals surface area contributed by atoms with Crippen LogP contribution in [-0.4, -0.2) is 11.8 Å². The molecule has 3 aromatic rings. The molecule has 0 radical (unpaired) electrons. The summed E-state index contributed by atoms with van der Waals surface area (Å²) in [5, 5.41) is 4.36. The van der Waals surface area contributed by atoms with Gasteiger partial charge in [0.2, 0.25) is 0 Å². The van der Waals surface area contributed by atoms with Crippen LogP contribution in [0.2, 0.25) is 10.0 Å². The van der Waals surface area contributed by atoms with Gasteiger partial charge in [-0.05, 0) is 66.6 Å². The van der Waals surface area contributed by atoms with Crippen molar-refractivity contribution in [2.75, 3.05) is 10.2 Å². The fourth-order valence-electron chi connectivity index (χ4n) is 3.24. The predicted octanol–water partition coefficient (Wildman–Crippen LogP) is 6.55. The number of rotatable bonds is 6. The topological polar surface area (TPSA) is 49.4 Å². The number of amides is 2. The Morgan fingerprint density at radius 3 is 2.10 bits per heavy atom. The number of nitrogens with one attached hydrogen (secondary N) is 1. The van der Waals surface area contributed by atoms with Gasteiger partial charge in [-0.25, -0.2) is 4.90 Å². The summed E-state index contributed by atoms with van der Waals surface area (Å²) in [7, 11) is 0. The number of carbonyl (C=O) groups is 2. The van der Waals surface area contributed by atoms with Crippen LogP contribution in [0.25, 0.3) is 0 Å². The maximum Gasteiger partial charge on any atom is 0.283 e. The molecule has 7 heteroatoms. The summed E-state index contributed by atoms with van der Waals surface area (Å²) in [6.45, 7) is 2.04. The maximum atomic E-state index is 13.4. The zero-order valence-electron chi connectivity index (χ0n) is 16.6. The Morgan fingerprint density at radius 1 is 0.839 bits per heavy atom. The number of para-hydroxylation sites is 1. The van der Waals surface area contributed by atoms with Gasteiger partial charge in [0.1, 0.15) is 10.6 Å². The first-order valence-corrected chi connectivity index (χ1v) is 11.2. The van der Waals surface area contributed by atoms with Gasteiger partial charge in [-0.3, -0.25) is 9.59 Å². The first-order valence-electron chi connectivity index (χ1n) is 9.65. The van der Waals surface area contributed by atoms with Crippen LogP contribution in [0.5, 0.6) is 0 Å². The lowest BCUT2D eigenvalue weighted by molar-refractivity contribution is -0.120. The highest BCUT2D eigenvalue weighted by Gasteiger charge is 2.40. The number of aryl methyl sites for hydroxylation is 1. The van der Waals surface area contributed by atoms with E-state index in [2.05, 4.69) is 5.32 Å². The summed E-state index contributed by atoms with van der Waals surface area (Å²) < 4.78 is 0. The molecular weight excluding hydrogens is 451 g/mol. The van der Waals surface area contributed by atoms with Gasteiger partial charge in [-0.1, -0.05) is 60.1 Å². The average Bonchev–Trinajstić information content (AvgIpc) is 3.00. The van der Waals surface area contributed by atoms with Crippen molar-refractivity contribution in [1.29, 1.82) is 0 Å². The molecule has 0 fully saturated rings. The normalized spacial score (nSPS) is 13.8. The van der Waals surface area contributed by atoms with E-state index in [0.717, 1.165) is 22.6 Å². The minimum absolute atomic E-state index is 0.251. The van der Waals surface area contributed by atoms with Crippen molar-refractivity contribution in [3.63, 3.8) is 0 Å². The molecule has 0 saturated carbocycles. The van der Waals surface area contributed by atoms with E-state index in [1.54, 1.807) is 36.4 Å². The number of anilines is 2. The monoisotopic (exact) mass is 468 g/mol. The fourth-order valence-corrected chi connectivity index (χ4v) is 4.42. The highest BCUT2D eigenvalue weighted by molar-refractivity contribution is 8.04. The molecule has 3 aromatic carbocycles. The number of nitrogens with zero attached hydrogens (tertiary/aromatic N) is 1. The molecular formula is C24H18Cl2N2O2S. The SMILES string of the molecule is CCc1ccccc1NC1=C(Sc2ccc(Cl)cc2)C(=O)N(c2ccc(Cl)cc2)C1=O. The number of hydrogen-bond acceptors (Lipinski definition) is 4. The zero-order chi connectivity index (χ0) is 22.0. The molecule has 0 aromatic heterocycles. The van der Waals surface area contributed by atoms with Crippen LogP contribution >= 0.6 is 35.0 Å². The summed E-state index contributed by atoms with van der Waals surface area (Å²) in [5.74, 6) is -0.793. The van der Waals surface area contributed by atoms with Gasteiger partial charge in [0, 0.05) is 20.6 Å². The van der Waals surface area contributed by atoms with Gasteiger partial charge in [0.05, 0.1) is 5.69 Å². The van der Waals surface area contributed by atoms with Crippen LogP contribution in [0.3, 0.4) is 0 Å². The minimum atomic E-state index is -0.408. The maximum absolute atomic E-state index is 13.4. The molecule has 1 heterocycles. The van der Waals surface area contributed by atoms with Gasteiger partial charge in [-0.15, -0.1) is 0 Å². The zero-order valence-corrected chi connectivity index (χ0v) is 18.9. The first kappa shape index (κ1) is 21.5. The van der Waals surface area contributed by atoms with Gasteiger partial charge in [-0.2, -0.15) is 0 Å². The Labute approximate surface area is 194 Å². The van der Waals surface area contributed by atoms with E-state index < -0.39 is 5.91 Å². The highest BCUT2D eigenvalue weighted by atomic mass is 35.5. The molecule has 0 atom stereocenters. The molecule has 2 amide bonds. The molecule has 156 valence electrons. The second-order valence-corrected chi connectivity index (χ2v) is 8.77. The van der Waals surface area contributed by atoms with Crippen LogP contribution in [0.1, 0.15) is 12.5 Å². The first-order chi connectivity index (χ1) is 15.0. The van der Waals surface area contributed by atoms with Crippen molar-refractivity contribution in [1.82, 2.24) is 0 Å². The summed E-state index contributed by atoms with van der Waals surface area (Å²) in [5.41, 5.74) is 2.57. The largest absolute Gasteiger partial charge is 0.350 e. The lowest BCUT2D eigenvalue weighted by Crippen LogP contribution is -2.32. The van der Waals surface area contributed by atoms with Gasteiger partial charge >= 0.3 is 0 Å². The summed E-state index contributed by atoms with van der Waals surface area (Å²) >= 11 is 13.2. The molecule has 0 spiro atoms. The molecule has 31 heavy (non-hydrogen) atoms. The third-order valence-corrected chi connectivity index (χ3v) is 6.41. The fraction of sp³-hybridized carbons (Fsp3) is 0.0833. The summed E-state index contributed by atoms with van der Waals surface area (Å²) in [6.07, 6.45) is 0.791. The Hall–Kier alpha value is -2.73. The van der Waals surface area contributed by atoms with Crippen LogP contribution in [0.15, 0.2) is 88.3 Å². The van der Waals surface area contributed by atoms with Crippen LogP contribution in [-0.2, 0) is 16.0 Å². The third kappa shape index (κ3) is 4.49. The van der Waals surface area contributed by atoms with Gasteiger partial charge in [0.15, 0.2) is 0 Å². The van der Waals surface area contributed by atoms with E-state index in [9.17, 15) is 9.59 Å². The molecule has 0 aliphatic carbocycles. The van der Waals surface area contributed by atoms with Crippen molar-refractivity contribution in [3.8, 4) is 0 Å². The van der Waals surface area contributed by atoms with E-state index in [-0.39, 0.29) is 11.6 Å². The number of imide groups is 1. The average molecular weight is 469 g/mol. The molecule has 0 bridgehead atoms. The van der Waals surface area contributed by atoms with Crippen molar-refractivity contribution >= 4 is 58.2 Å². The highest BCUT2D eigenvalue weighted by Crippen LogP contribution is 2.38. The summed E-state index contributed by atoms with van der Waals surface area (Å²) in [4.78, 5) is 29.0. The number of benzene rings is 3. The van der Waals surface area contributed by atoms with E-state index in [1.165, 1.54) is 16.7 Å². The van der Waals surface area contributed by atoms with Gasteiger partial charge in [0.25, 0.3) is 11.8 Å². The molecule has 4 nitrogen and oxygen atoms in total. The standard InChI is InChI=1S/C24H18Cl2N2O2S/c1-2-15-5-3-4-6-20(15)27-21-22(31-19-13-9-17(26)10-14-19)24(30)28(23(21)29)18-11-7-16(25)8-12-18/h3-14,27H,2H2,1H3. The Bertz CT molecular complexity index is 1170. The Balaban J connectivity index is 1.76. The van der Waals surface area contributed by atoms with Crippen molar-refractivity contribution in [2.45, 2.75) is 18.2 Å². The number of carbonyl (C=O) groups excluding carboxylic acids is 2. The quantitative estimate of drug-likeness (QED) is 0.416. The van der Waals surface area contributed by atoms with E-state index in [0.29, 0.717) is 20.6 Å². The molecule has 1 N–H and O–H groups in total. The predicted molar refractivity (Wildman–Crippen MR) is 128 cm³/mol. The second kappa shape index (κ2) is 9.18. The lowest BCUT2D eigenvalue weighted by atomic mass is 10.1. The van der Waals surface area contributed by atoms with E-state index >= 15 is 0 Å². The lowest BCUT2D eigenvalue weighted by Gasteiger charge is -2.16. The van der Waals surface area contributed by atoms with Crippen LogP contribution in [0.4, 0.5) is 11.4 Å². The van der Waals surface area contributed by atoms with Crippen LogP contribution < -0.4 is 10.2 Å². The molecule has 4 rings (SSSR count).